The van der Waals surface area contributed by atoms with E-state index in [0.717, 1.165) is 25.0 Å². The van der Waals surface area contributed by atoms with Crippen molar-refractivity contribution in [3.63, 3.8) is 0 Å². The van der Waals surface area contributed by atoms with Crippen LogP contribution in [0, 0.1) is 11.3 Å². The lowest BCUT2D eigenvalue weighted by Gasteiger charge is -2.16. The fourth-order valence-electron chi connectivity index (χ4n) is 3.24. The highest BCUT2D eigenvalue weighted by Gasteiger charge is 2.34. The fraction of sp³-hybridized carbons (Fsp3) is 0.286. The third kappa shape index (κ3) is 4.40. The van der Waals surface area contributed by atoms with Crippen LogP contribution in [0.1, 0.15) is 64.6 Å². The quantitative estimate of drug-likeness (QED) is 0.667. The highest BCUT2D eigenvalue weighted by Crippen LogP contribution is 2.42. The maximum atomic E-state index is 13.3. The van der Waals surface area contributed by atoms with E-state index in [-0.39, 0.29) is 11.5 Å². The van der Waals surface area contributed by atoms with Gasteiger partial charge in [0.1, 0.15) is 12.4 Å². The summed E-state index contributed by atoms with van der Waals surface area (Å²) in [5, 5.41) is 15.7. The Balaban J connectivity index is 1.58. The Kier molecular flexibility index (Phi) is 5.19. The molecule has 1 atom stereocenters. The maximum absolute atomic E-state index is 13.3. The molecule has 2 heterocycles. The lowest BCUT2D eigenvalue weighted by molar-refractivity contribution is -0.137. The number of carbonyl (C=O) groups is 1. The van der Waals surface area contributed by atoms with E-state index < -0.39 is 23.7 Å². The molecule has 0 saturated heterocycles. The van der Waals surface area contributed by atoms with Crippen molar-refractivity contribution in [2.45, 2.75) is 37.9 Å². The summed E-state index contributed by atoms with van der Waals surface area (Å²) < 4.78 is 41.3. The van der Waals surface area contributed by atoms with Gasteiger partial charge >= 0.3 is 6.18 Å². The van der Waals surface area contributed by atoms with Gasteiger partial charge in [0.2, 0.25) is 0 Å². The van der Waals surface area contributed by atoms with Crippen molar-refractivity contribution in [2.75, 3.05) is 0 Å². The standard InChI is InChI=1S/C21H17F3N6O/c1-12(19-27-11-28-30(19)18-5-2-13(9-25)10-26-18)29-20(31)16-6-15(14-3-4-14)7-17(8-16)21(22,23)24/h2,5-8,10-12,14H,3-4H2,1H3,(H,29,31). The van der Waals surface area contributed by atoms with E-state index in [9.17, 15) is 18.0 Å². The van der Waals surface area contributed by atoms with Gasteiger partial charge in [-0.25, -0.2) is 9.97 Å². The van der Waals surface area contributed by atoms with Gasteiger partial charge in [0.25, 0.3) is 5.91 Å². The molecular weight excluding hydrogens is 409 g/mol. The van der Waals surface area contributed by atoms with Crippen molar-refractivity contribution < 1.29 is 18.0 Å². The number of hydrogen-bond acceptors (Lipinski definition) is 5. The van der Waals surface area contributed by atoms with Crippen LogP contribution in [-0.2, 0) is 6.18 Å². The second kappa shape index (κ2) is 7.83. The smallest absolute Gasteiger partial charge is 0.342 e. The number of nitrogens with zero attached hydrogens (tertiary/aromatic N) is 5. The Morgan fingerprint density at radius 3 is 2.65 bits per heavy atom. The Morgan fingerprint density at radius 2 is 2.03 bits per heavy atom. The van der Waals surface area contributed by atoms with Gasteiger partial charge in [-0.3, -0.25) is 4.79 Å². The number of pyridine rings is 1. The summed E-state index contributed by atoms with van der Waals surface area (Å²) in [6, 6.07) is 7.95. The molecule has 158 valence electrons. The average Bonchev–Trinajstić information content (AvgIpc) is 3.49. The largest absolute Gasteiger partial charge is 0.416 e. The molecule has 0 aliphatic heterocycles. The number of aromatic nitrogens is 4. The molecule has 0 radical (unpaired) electrons. The molecule has 1 saturated carbocycles. The van der Waals surface area contributed by atoms with Crippen molar-refractivity contribution in [3.05, 3.63) is 70.9 Å². The number of hydrogen-bond donors (Lipinski definition) is 1. The normalized spacial score (nSPS) is 14.7. The molecule has 0 spiro atoms. The molecule has 1 aliphatic rings. The highest BCUT2D eigenvalue weighted by atomic mass is 19.4. The summed E-state index contributed by atoms with van der Waals surface area (Å²) >= 11 is 0. The van der Waals surface area contributed by atoms with E-state index in [0.29, 0.717) is 22.8 Å². The van der Waals surface area contributed by atoms with Crippen molar-refractivity contribution >= 4 is 5.91 Å². The van der Waals surface area contributed by atoms with Gasteiger partial charge in [-0.2, -0.15) is 28.2 Å². The third-order valence-electron chi connectivity index (χ3n) is 5.00. The first kappa shape index (κ1) is 20.5. The van der Waals surface area contributed by atoms with Crippen molar-refractivity contribution in [1.29, 1.82) is 5.26 Å². The van der Waals surface area contributed by atoms with Gasteiger partial charge in [-0.1, -0.05) is 0 Å². The molecular formula is C21H17F3N6O. The summed E-state index contributed by atoms with van der Waals surface area (Å²) in [7, 11) is 0. The van der Waals surface area contributed by atoms with Crippen LogP contribution in [0.5, 0.6) is 0 Å². The molecule has 31 heavy (non-hydrogen) atoms. The van der Waals surface area contributed by atoms with E-state index in [1.807, 2.05) is 6.07 Å². The minimum atomic E-state index is -4.53. The van der Waals surface area contributed by atoms with Crippen LogP contribution in [0.3, 0.4) is 0 Å². The summed E-state index contributed by atoms with van der Waals surface area (Å²) in [5.41, 5.74) is 0.0196. The Bertz CT molecular complexity index is 1160. The lowest BCUT2D eigenvalue weighted by Crippen LogP contribution is -2.29. The minimum absolute atomic E-state index is 0.0499. The Labute approximate surface area is 175 Å². The van der Waals surface area contributed by atoms with Crippen LogP contribution in [-0.4, -0.2) is 25.7 Å². The molecule has 10 heteroatoms. The number of carbonyl (C=O) groups excluding carboxylic acids is 1. The molecule has 1 fully saturated rings. The van der Waals surface area contributed by atoms with Crippen LogP contribution in [0.15, 0.2) is 42.9 Å². The molecule has 7 nitrogen and oxygen atoms in total. The average molecular weight is 426 g/mol. The molecule has 1 aromatic carbocycles. The molecule has 1 N–H and O–H groups in total. The van der Waals surface area contributed by atoms with E-state index in [1.165, 1.54) is 23.3 Å². The number of nitriles is 1. The van der Waals surface area contributed by atoms with E-state index >= 15 is 0 Å². The van der Waals surface area contributed by atoms with Gasteiger partial charge in [0.05, 0.1) is 17.2 Å². The van der Waals surface area contributed by atoms with Gasteiger partial charge in [-0.15, -0.1) is 0 Å². The SMILES string of the molecule is CC(NC(=O)c1cc(C2CC2)cc(C(F)(F)F)c1)c1ncnn1-c1ccc(C#N)cn1. The molecule has 0 bridgehead atoms. The zero-order valence-corrected chi connectivity index (χ0v) is 16.4. The number of amides is 1. The topological polar surface area (TPSA) is 96.5 Å². The third-order valence-corrected chi connectivity index (χ3v) is 5.00. The van der Waals surface area contributed by atoms with Crippen molar-refractivity contribution in [3.8, 4) is 11.9 Å². The number of benzene rings is 1. The van der Waals surface area contributed by atoms with Crippen molar-refractivity contribution in [1.82, 2.24) is 25.1 Å². The first-order valence-electron chi connectivity index (χ1n) is 9.55. The number of alkyl halides is 3. The summed E-state index contributed by atoms with van der Waals surface area (Å²) in [4.78, 5) is 21.1. The van der Waals surface area contributed by atoms with E-state index in [4.69, 9.17) is 5.26 Å². The summed E-state index contributed by atoms with van der Waals surface area (Å²) in [5.74, 6) is 0.169. The first-order chi connectivity index (χ1) is 14.8. The van der Waals surface area contributed by atoms with Crippen LogP contribution in [0.2, 0.25) is 0 Å². The van der Waals surface area contributed by atoms with Crippen LogP contribution < -0.4 is 5.32 Å². The van der Waals surface area contributed by atoms with Crippen LogP contribution >= 0.6 is 0 Å². The van der Waals surface area contributed by atoms with Crippen molar-refractivity contribution in [2.24, 2.45) is 0 Å². The van der Waals surface area contributed by atoms with Gasteiger partial charge < -0.3 is 5.32 Å². The number of nitrogens with one attached hydrogen (secondary N) is 1. The molecule has 1 unspecified atom stereocenters. The van der Waals surface area contributed by atoms with E-state index in [1.54, 1.807) is 19.1 Å². The summed E-state index contributed by atoms with van der Waals surface area (Å²) in [6.45, 7) is 1.65. The Hall–Kier alpha value is -3.74. The second-order valence-electron chi connectivity index (χ2n) is 7.36. The Morgan fingerprint density at radius 1 is 1.26 bits per heavy atom. The van der Waals surface area contributed by atoms with Gasteiger partial charge in [0.15, 0.2) is 11.6 Å². The first-order valence-corrected chi connectivity index (χ1v) is 9.55. The number of rotatable bonds is 5. The molecule has 1 amide bonds. The zero-order chi connectivity index (χ0) is 22.2. The lowest BCUT2D eigenvalue weighted by atomic mass is 10.0. The van der Waals surface area contributed by atoms with Crippen LogP contribution in [0.25, 0.3) is 5.82 Å². The highest BCUT2D eigenvalue weighted by molar-refractivity contribution is 5.95. The van der Waals surface area contributed by atoms with E-state index in [2.05, 4.69) is 20.4 Å². The van der Waals surface area contributed by atoms with Crippen LogP contribution in [0.4, 0.5) is 13.2 Å². The minimum Gasteiger partial charge on any atom is -0.342 e. The maximum Gasteiger partial charge on any atom is 0.416 e. The van der Waals surface area contributed by atoms with Gasteiger partial charge in [0, 0.05) is 11.8 Å². The monoisotopic (exact) mass is 426 g/mol. The molecule has 3 aromatic rings. The zero-order valence-electron chi connectivity index (χ0n) is 16.4. The van der Waals surface area contributed by atoms with Gasteiger partial charge in [-0.05, 0) is 61.6 Å². The summed E-state index contributed by atoms with van der Waals surface area (Å²) in [6.07, 6.45) is -0.231. The predicted molar refractivity (Wildman–Crippen MR) is 103 cm³/mol. The molecule has 4 rings (SSSR count). The predicted octanol–water partition coefficient (Wildman–Crippen LogP) is 3.92. The molecule has 2 aromatic heterocycles. The molecule has 1 aliphatic carbocycles. The number of halogens is 3. The second-order valence-corrected chi connectivity index (χ2v) is 7.36. The fourth-order valence-corrected chi connectivity index (χ4v) is 3.24.